The topological polar surface area (TPSA) is 62.2 Å². The third kappa shape index (κ3) is 3.04. The van der Waals surface area contributed by atoms with Crippen molar-refractivity contribution in [1.29, 1.82) is 0 Å². The number of rotatable bonds is 3. The van der Waals surface area contributed by atoms with Crippen LogP contribution in [0.1, 0.15) is 61.6 Å². The van der Waals surface area contributed by atoms with Gasteiger partial charge in [-0.25, -0.2) is 4.98 Å². The predicted molar refractivity (Wildman–Crippen MR) is 81.1 cm³/mol. The van der Waals surface area contributed by atoms with Crippen LogP contribution in [0.3, 0.4) is 0 Å². The van der Waals surface area contributed by atoms with Gasteiger partial charge < -0.3 is 10.4 Å². The molecule has 0 bridgehead atoms. The fourth-order valence-corrected chi connectivity index (χ4v) is 3.50. The molecule has 2 atom stereocenters. The van der Waals surface area contributed by atoms with Crippen LogP contribution in [0.2, 0.25) is 0 Å². The van der Waals surface area contributed by atoms with Crippen LogP contribution in [0.5, 0.6) is 0 Å². The number of aromatic nitrogens is 1. The summed E-state index contributed by atoms with van der Waals surface area (Å²) in [5.41, 5.74) is -0.219. The summed E-state index contributed by atoms with van der Waals surface area (Å²) in [6, 6.07) is 0.0557. The van der Waals surface area contributed by atoms with Crippen LogP contribution >= 0.6 is 11.3 Å². The van der Waals surface area contributed by atoms with Gasteiger partial charge in [-0.1, -0.05) is 34.1 Å². The summed E-state index contributed by atoms with van der Waals surface area (Å²) in [4.78, 5) is 17.3. The van der Waals surface area contributed by atoms with Crippen molar-refractivity contribution in [1.82, 2.24) is 10.3 Å². The second-order valence-corrected chi connectivity index (χ2v) is 8.04. The monoisotopic (exact) mass is 296 g/mol. The Morgan fingerprint density at radius 2 is 2.30 bits per heavy atom. The Hall–Kier alpha value is -0.940. The maximum Gasteiger partial charge on any atom is 0.263 e. The number of carbonyl (C=O) groups excluding carboxylic acids is 1. The van der Waals surface area contributed by atoms with E-state index >= 15 is 0 Å². The molecule has 1 saturated carbocycles. The summed E-state index contributed by atoms with van der Waals surface area (Å²) in [5, 5.41) is 13.6. The summed E-state index contributed by atoms with van der Waals surface area (Å²) in [6.07, 6.45) is 4.61. The third-order valence-corrected chi connectivity index (χ3v) is 5.54. The third-order valence-electron chi connectivity index (χ3n) is 4.12. The largest absolute Gasteiger partial charge is 0.396 e. The van der Waals surface area contributed by atoms with E-state index in [0.717, 1.165) is 24.3 Å². The maximum absolute atomic E-state index is 12.3. The van der Waals surface area contributed by atoms with Gasteiger partial charge in [-0.2, -0.15) is 0 Å². The maximum atomic E-state index is 12.3. The lowest BCUT2D eigenvalue weighted by molar-refractivity contribution is 0.0834. The van der Waals surface area contributed by atoms with Crippen molar-refractivity contribution in [2.24, 2.45) is 5.41 Å². The Morgan fingerprint density at radius 3 is 2.85 bits per heavy atom. The molecule has 0 aromatic carbocycles. The molecule has 0 aliphatic heterocycles. The molecule has 1 aliphatic carbocycles. The van der Waals surface area contributed by atoms with Crippen molar-refractivity contribution >= 4 is 17.2 Å². The van der Waals surface area contributed by atoms with E-state index in [1.807, 2.05) is 6.92 Å². The van der Waals surface area contributed by atoms with Gasteiger partial charge in [0.25, 0.3) is 5.91 Å². The lowest BCUT2D eigenvalue weighted by Gasteiger charge is -2.29. The molecule has 2 N–H and O–H groups in total. The molecular formula is C15H24N2O2S. The van der Waals surface area contributed by atoms with E-state index in [9.17, 15) is 9.90 Å². The van der Waals surface area contributed by atoms with Crippen molar-refractivity contribution in [2.45, 2.75) is 58.4 Å². The molecule has 1 aromatic rings. The van der Waals surface area contributed by atoms with Gasteiger partial charge in [0.1, 0.15) is 4.88 Å². The fourth-order valence-electron chi connectivity index (χ4n) is 2.62. The van der Waals surface area contributed by atoms with Crippen molar-refractivity contribution in [3.8, 4) is 0 Å². The minimum atomic E-state index is -0.187. The van der Waals surface area contributed by atoms with Gasteiger partial charge in [-0.05, 0) is 12.8 Å². The molecule has 4 nitrogen and oxygen atoms in total. The zero-order valence-electron chi connectivity index (χ0n) is 12.7. The second kappa shape index (κ2) is 5.45. The standard InChI is InChI=1S/C15H24N2O2S/c1-14(2,3)13-16-8-10(20-13)12(19)17-11-6-5-7-15(11,4)9-18/h8,11,18H,5-7,9H2,1-4H3,(H,17,19). The average Bonchev–Trinajstić information content (AvgIpc) is 2.97. The number of thiazole rings is 1. The highest BCUT2D eigenvalue weighted by molar-refractivity contribution is 7.13. The molecule has 1 heterocycles. The van der Waals surface area contributed by atoms with E-state index in [-0.39, 0.29) is 29.4 Å². The van der Waals surface area contributed by atoms with Crippen LogP contribution in [0.4, 0.5) is 0 Å². The van der Waals surface area contributed by atoms with Crippen LogP contribution in [0.25, 0.3) is 0 Å². The van der Waals surface area contributed by atoms with Crippen LogP contribution in [-0.4, -0.2) is 28.6 Å². The van der Waals surface area contributed by atoms with Gasteiger partial charge in [0.05, 0.1) is 17.8 Å². The first-order chi connectivity index (χ1) is 9.26. The van der Waals surface area contributed by atoms with Crippen molar-refractivity contribution in [3.05, 3.63) is 16.1 Å². The van der Waals surface area contributed by atoms with E-state index in [1.165, 1.54) is 11.3 Å². The summed E-state index contributed by atoms with van der Waals surface area (Å²) in [7, 11) is 0. The Labute approximate surface area is 124 Å². The summed E-state index contributed by atoms with van der Waals surface area (Å²) >= 11 is 1.45. The van der Waals surface area contributed by atoms with Crippen LogP contribution in [0.15, 0.2) is 6.20 Å². The predicted octanol–water partition coefficient (Wildman–Crippen LogP) is 2.72. The number of nitrogens with one attached hydrogen (secondary N) is 1. The van der Waals surface area contributed by atoms with Crippen LogP contribution < -0.4 is 5.32 Å². The molecule has 0 saturated heterocycles. The number of amides is 1. The van der Waals surface area contributed by atoms with Gasteiger partial charge in [-0.3, -0.25) is 4.79 Å². The Kier molecular flexibility index (Phi) is 4.21. The summed E-state index contributed by atoms with van der Waals surface area (Å²) < 4.78 is 0. The van der Waals surface area contributed by atoms with E-state index in [1.54, 1.807) is 6.20 Å². The number of carbonyl (C=O) groups is 1. The second-order valence-electron chi connectivity index (χ2n) is 7.01. The molecule has 1 amide bonds. The molecule has 1 aromatic heterocycles. The number of hydrogen-bond donors (Lipinski definition) is 2. The normalized spacial score (nSPS) is 26.8. The fraction of sp³-hybridized carbons (Fsp3) is 0.733. The number of nitrogens with zero attached hydrogens (tertiary/aromatic N) is 1. The Balaban J connectivity index is 2.07. The summed E-state index contributed by atoms with van der Waals surface area (Å²) in [5.74, 6) is -0.0652. The minimum Gasteiger partial charge on any atom is -0.396 e. The van der Waals surface area contributed by atoms with Gasteiger partial charge in [0, 0.05) is 16.9 Å². The Morgan fingerprint density at radius 1 is 1.60 bits per heavy atom. The molecule has 112 valence electrons. The quantitative estimate of drug-likeness (QED) is 0.901. The first-order valence-corrected chi connectivity index (χ1v) is 7.96. The molecular weight excluding hydrogens is 272 g/mol. The van der Waals surface area contributed by atoms with E-state index in [0.29, 0.717) is 4.88 Å². The highest BCUT2D eigenvalue weighted by Gasteiger charge is 2.39. The molecule has 0 spiro atoms. The van der Waals surface area contributed by atoms with Gasteiger partial charge in [0.2, 0.25) is 0 Å². The molecule has 2 unspecified atom stereocenters. The number of aliphatic hydroxyl groups excluding tert-OH is 1. The molecule has 5 heteroatoms. The number of hydrogen-bond acceptors (Lipinski definition) is 4. The highest BCUT2D eigenvalue weighted by Crippen LogP contribution is 2.37. The summed E-state index contributed by atoms with van der Waals surface area (Å²) in [6.45, 7) is 8.43. The Bertz CT molecular complexity index is 492. The van der Waals surface area contributed by atoms with Crippen molar-refractivity contribution < 1.29 is 9.90 Å². The van der Waals surface area contributed by atoms with Gasteiger partial charge in [0.15, 0.2) is 0 Å². The van der Waals surface area contributed by atoms with E-state index in [2.05, 4.69) is 31.1 Å². The van der Waals surface area contributed by atoms with E-state index in [4.69, 9.17) is 0 Å². The molecule has 0 radical (unpaired) electrons. The lowest BCUT2D eigenvalue weighted by atomic mass is 9.86. The smallest absolute Gasteiger partial charge is 0.263 e. The SMILES string of the molecule is CC(C)(C)c1ncc(C(=O)NC2CCCC2(C)CO)s1. The zero-order chi connectivity index (χ0) is 15.0. The van der Waals surface area contributed by atoms with Crippen LogP contribution in [-0.2, 0) is 5.41 Å². The van der Waals surface area contributed by atoms with Crippen LogP contribution in [0, 0.1) is 5.41 Å². The molecule has 1 aliphatic rings. The minimum absolute atomic E-state index is 0.0316. The first kappa shape index (κ1) is 15.4. The van der Waals surface area contributed by atoms with Crippen molar-refractivity contribution in [2.75, 3.05) is 6.61 Å². The highest BCUT2D eigenvalue weighted by atomic mass is 32.1. The van der Waals surface area contributed by atoms with Crippen molar-refractivity contribution in [3.63, 3.8) is 0 Å². The average molecular weight is 296 g/mol. The first-order valence-electron chi connectivity index (χ1n) is 7.14. The van der Waals surface area contributed by atoms with E-state index < -0.39 is 0 Å². The lowest BCUT2D eigenvalue weighted by Crippen LogP contribution is -2.44. The zero-order valence-corrected chi connectivity index (χ0v) is 13.5. The van der Waals surface area contributed by atoms with Gasteiger partial charge >= 0.3 is 0 Å². The number of aliphatic hydroxyl groups is 1. The molecule has 20 heavy (non-hydrogen) atoms. The molecule has 1 fully saturated rings. The van der Waals surface area contributed by atoms with Gasteiger partial charge in [-0.15, -0.1) is 11.3 Å². The molecule has 2 rings (SSSR count).